The first-order valence-electron chi connectivity index (χ1n) is 9.63. The third-order valence-electron chi connectivity index (χ3n) is 4.22. The molecule has 10 N–H and O–H groups in total. The van der Waals surface area contributed by atoms with Crippen LogP contribution in [0, 0.1) is 0 Å². The van der Waals surface area contributed by atoms with Crippen molar-refractivity contribution in [1.29, 1.82) is 0 Å². The number of carboxylic acids is 3. The van der Waals surface area contributed by atoms with Crippen molar-refractivity contribution in [3.8, 4) is 0 Å². The van der Waals surface area contributed by atoms with Gasteiger partial charge < -0.3 is 37.5 Å². The van der Waals surface area contributed by atoms with Crippen LogP contribution in [0.25, 0.3) is 10.9 Å². The molecule has 3 aromatic rings. The second-order valence-corrected chi connectivity index (χ2v) is 6.74. The molecule has 0 spiro atoms. The first-order chi connectivity index (χ1) is 15.1. The Balaban J connectivity index is 0.000000270. The molecule has 0 unspecified atom stereocenters. The normalized spacial score (nSPS) is 11.8. The SMILES string of the molecule is NCC(=O)O.N[C@@H](Cc1c[nH]c2ccccc12)C(=O)O.N[C@@H](Cc1ccccc1)C(=O)O. The lowest BCUT2D eigenvalue weighted by molar-refractivity contribution is -0.139. The van der Waals surface area contributed by atoms with E-state index in [0.29, 0.717) is 12.8 Å². The Labute approximate surface area is 184 Å². The van der Waals surface area contributed by atoms with E-state index in [1.165, 1.54) is 0 Å². The van der Waals surface area contributed by atoms with Crippen LogP contribution < -0.4 is 17.2 Å². The Morgan fingerprint density at radius 2 is 1.31 bits per heavy atom. The van der Waals surface area contributed by atoms with Gasteiger partial charge >= 0.3 is 17.9 Å². The molecule has 0 fully saturated rings. The lowest BCUT2D eigenvalue weighted by atomic mass is 10.1. The largest absolute Gasteiger partial charge is 0.480 e. The van der Waals surface area contributed by atoms with Gasteiger partial charge in [0.05, 0.1) is 6.54 Å². The van der Waals surface area contributed by atoms with Crippen LogP contribution in [0.1, 0.15) is 11.1 Å². The predicted octanol–water partition coefficient (Wildman–Crippen LogP) is 0.793. The molecule has 10 heteroatoms. The van der Waals surface area contributed by atoms with Gasteiger partial charge in [-0.15, -0.1) is 0 Å². The molecule has 2 atom stereocenters. The van der Waals surface area contributed by atoms with Gasteiger partial charge in [0.15, 0.2) is 0 Å². The molecule has 0 radical (unpaired) electrons. The van der Waals surface area contributed by atoms with Crippen LogP contribution >= 0.6 is 0 Å². The van der Waals surface area contributed by atoms with E-state index in [-0.39, 0.29) is 6.54 Å². The summed E-state index contributed by atoms with van der Waals surface area (Å²) in [6.45, 7) is -0.278. The number of para-hydroxylation sites is 1. The number of carbonyl (C=O) groups is 3. The first kappa shape index (κ1) is 26.3. The van der Waals surface area contributed by atoms with Gasteiger partial charge in [-0.05, 0) is 23.6 Å². The minimum atomic E-state index is -0.972. The molecule has 0 aliphatic heterocycles. The minimum Gasteiger partial charge on any atom is -0.480 e. The number of aromatic nitrogens is 1. The van der Waals surface area contributed by atoms with Gasteiger partial charge in [0, 0.05) is 23.5 Å². The number of aromatic amines is 1. The topological polar surface area (TPSA) is 206 Å². The number of benzene rings is 2. The number of nitrogens with two attached hydrogens (primary N) is 3. The molecule has 0 saturated carbocycles. The first-order valence-corrected chi connectivity index (χ1v) is 9.63. The van der Waals surface area contributed by atoms with Crippen LogP contribution in [-0.4, -0.2) is 56.8 Å². The minimum absolute atomic E-state index is 0.278. The number of rotatable bonds is 7. The van der Waals surface area contributed by atoms with Crippen LogP contribution in [0.15, 0.2) is 60.8 Å². The molecule has 0 amide bonds. The second kappa shape index (κ2) is 13.5. The maximum absolute atomic E-state index is 10.6. The average molecular weight is 444 g/mol. The number of aliphatic carboxylic acids is 3. The van der Waals surface area contributed by atoms with E-state index >= 15 is 0 Å². The zero-order chi connectivity index (χ0) is 24.1. The Kier molecular flexibility index (Phi) is 11.1. The van der Waals surface area contributed by atoms with Gasteiger partial charge in [-0.2, -0.15) is 0 Å². The average Bonchev–Trinajstić information content (AvgIpc) is 3.18. The molecule has 1 heterocycles. The van der Waals surface area contributed by atoms with Crippen molar-refractivity contribution in [1.82, 2.24) is 4.98 Å². The standard InChI is InChI=1S/C11H12N2O2.C9H11NO2.C2H5NO2/c12-9(11(14)15)5-7-6-13-10-4-2-1-3-8(7)10;10-8(9(11)12)6-7-4-2-1-3-5-7;3-1-2(4)5/h1-4,6,9,13H,5,12H2,(H,14,15);1-5,8H,6,10H2,(H,11,12);1,3H2,(H,4,5)/t9-;8-;/m00./s1. The maximum atomic E-state index is 10.6. The number of nitrogens with one attached hydrogen (secondary N) is 1. The van der Waals surface area contributed by atoms with Crippen LogP contribution in [0.3, 0.4) is 0 Å². The van der Waals surface area contributed by atoms with E-state index in [1.54, 1.807) is 0 Å². The Morgan fingerprint density at radius 1 is 0.812 bits per heavy atom. The zero-order valence-electron chi connectivity index (χ0n) is 17.3. The molecule has 0 aliphatic rings. The molecule has 0 aliphatic carbocycles. The third-order valence-corrected chi connectivity index (χ3v) is 4.22. The van der Waals surface area contributed by atoms with Crippen molar-refractivity contribution in [2.75, 3.05) is 6.54 Å². The summed E-state index contributed by atoms with van der Waals surface area (Å²) in [5, 5.41) is 25.9. The van der Waals surface area contributed by atoms with Crippen molar-refractivity contribution in [2.45, 2.75) is 24.9 Å². The number of carboxylic acid groups (broad SMARTS) is 3. The van der Waals surface area contributed by atoms with Crippen LogP contribution in [0.5, 0.6) is 0 Å². The molecule has 2 aromatic carbocycles. The molecule has 32 heavy (non-hydrogen) atoms. The summed E-state index contributed by atoms with van der Waals surface area (Å²) in [7, 11) is 0. The number of fused-ring (bicyclic) bond motifs is 1. The van der Waals surface area contributed by atoms with Crippen molar-refractivity contribution in [3.63, 3.8) is 0 Å². The van der Waals surface area contributed by atoms with Gasteiger partial charge in [0.1, 0.15) is 12.1 Å². The van der Waals surface area contributed by atoms with Gasteiger partial charge in [0.2, 0.25) is 0 Å². The highest BCUT2D eigenvalue weighted by Gasteiger charge is 2.14. The van der Waals surface area contributed by atoms with Crippen molar-refractivity contribution in [2.24, 2.45) is 17.2 Å². The Hall–Kier alpha value is -3.73. The Bertz CT molecular complexity index is 1010. The molecular formula is C22H28N4O6. The fraction of sp³-hybridized carbons (Fsp3) is 0.227. The van der Waals surface area contributed by atoms with E-state index in [0.717, 1.165) is 22.0 Å². The highest BCUT2D eigenvalue weighted by atomic mass is 16.4. The quantitative estimate of drug-likeness (QED) is 0.274. The van der Waals surface area contributed by atoms with Crippen molar-refractivity contribution >= 4 is 28.8 Å². The number of H-pyrrole nitrogens is 1. The zero-order valence-corrected chi connectivity index (χ0v) is 17.3. The molecule has 3 rings (SSSR count). The monoisotopic (exact) mass is 444 g/mol. The summed E-state index contributed by atoms with van der Waals surface area (Å²) in [5.41, 5.74) is 18.3. The summed E-state index contributed by atoms with van der Waals surface area (Å²) in [4.78, 5) is 33.3. The van der Waals surface area contributed by atoms with E-state index < -0.39 is 30.0 Å². The van der Waals surface area contributed by atoms with E-state index in [9.17, 15) is 14.4 Å². The Morgan fingerprint density at radius 3 is 1.84 bits per heavy atom. The number of hydrogen-bond donors (Lipinski definition) is 7. The smallest absolute Gasteiger partial charge is 0.320 e. The highest BCUT2D eigenvalue weighted by Crippen LogP contribution is 2.18. The highest BCUT2D eigenvalue weighted by molar-refractivity contribution is 5.84. The van der Waals surface area contributed by atoms with Crippen LogP contribution in [-0.2, 0) is 27.2 Å². The third kappa shape index (κ3) is 9.39. The molecule has 0 bridgehead atoms. The lowest BCUT2D eigenvalue weighted by Crippen LogP contribution is -2.32. The van der Waals surface area contributed by atoms with Crippen LogP contribution in [0.4, 0.5) is 0 Å². The van der Waals surface area contributed by atoms with Crippen molar-refractivity contribution < 1.29 is 29.7 Å². The van der Waals surface area contributed by atoms with Gasteiger partial charge in [-0.3, -0.25) is 14.4 Å². The van der Waals surface area contributed by atoms with E-state index in [4.69, 9.17) is 26.8 Å². The molecule has 172 valence electrons. The van der Waals surface area contributed by atoms with Crippen LogP contribution in [0.2, 0.25) is 0 Å². The lowest BCUT2D eigenvalue weighted by Gasteiger charge is -2.04. The molecule has 10 nitrogen and oxygen atoms in total. The fourth-order valence-electron chi connectivity index (χ4n) is 2.58. The summed E-state index contributed by atoms with van der Waals surface area (Å²) < 4.78 is 0. The van der Waals surface area contributed by atoms with Gasteiger partial charge in [-0.25, -0.2) is 0 Å². The molecular weight excluding hydrogens is 416 g/mol. The summed E-state index contributed by atoms with van der Waals surface area (Å²) in [5.74, 6) is -2.90. The maximum Gasteiger partial charge on any atom is 0.320 e. The summed E-state index contributed by atoms with van der Waals surface area (Å²) >= 11 is 0. The van der Waals surface area contributed by atoms with Crippen molar-refractivity contribution in [3.05, 3.63) is 71.9 Å². The molecule has 1 aromatic heterocycles. The summed E-state index contributed by atoms with van der Waals surface area (Å²) in [6.07, 6.45) is 2.54. The fourth-order valence-corrected chi connectivity index (χ4v) is 2.58. The van der Waals surface area contributed by atoms with Gasteiger partial charge in [-0.1, -0.05) is 48.5 Å². The van der Waals surface area contributed by atoms with E-state index in [2.05, 4.69) is 10.7 Å². The van der Waals surface area contributed by atoms with Gasteiger partial charge in [0.25, 0.3) is 0 Å². The molecule has 0 saturated heterocycles. The predicted molar refractivity (Wildman–Crippen MR) is 120 cm³/mol. The summed E-state index contributed by atoms with van der Waals surface area (Å²) in [6, 6.07) is 15.5. The number of hydrogen-bond acceptors (Lipinski definition) is 6. The second-order valence-electron chi connectivity index (χ2n) is 6.74. The van der Waals surface area contributed by atoms with E-state index in [1.807, 2.05) is 60.8 Å².